The van der Waals surface area contributed by atoms with E-state index in [2.05, 4.69) is 5.32 Å². The van der Waals surface area contributed by atoms with E-state index in [0.29, 0.717) is 17.9 Å². The van der Waals surface area contributed by atoms with Gasteiger partial charge in [-0.2, -0.15) is 0 Å². The molecule has 1 N–H and O–H groups in total. The number of amides is 1. The molecule has 0 radical (unpaired) electrons. The largest absolute Gasteiger partial charge is 0.481 e. The van der Waals surface area contributed by atoms with Crippen molar-refractivity contribution in [1.82, 2.24) is 5.32 Å². The smallest absolute Gasteiger partial charge is 0.260 e. The molecule has 4 heteroatoms. The highest BCUT2D eigenvalue weighted by Crippen LogP contribution is 2.19. The number of ether oxygens (including phenoxy) is 1. The summed E-state index contributed by atoms with van der Waals surface area (Å²) in [6.07, 6.45) is 0.305. The van der Waals surface area contributed by atoms with Crippen LogP contribution in [-0.4, -0.2) is 18.6 Å². The maximum atomic E-state index is 12.9. The van der Waals surface area contributed by atoms with E-state index in [4.69, 9.17) is 4.74 Å². The Morgan fingerprint density at radius 1 is 1.53 bits per heavy atom. The Kier molecular flexibility index (Phi) is 4.94. The number of hydrogen-bond donors (Lipinski definition) is 1. The molecular weight excluding hydrogens is 221 g/mol. The van der Waals surface area contributed by atoms with Crippen LogP contribution in [0.25, 0.3) is 0 Å². The molecule has 3 nitrogen and oxygen atoms in total. The Morgan fingerprint density at radius 3 is 2.82 bits per heavy atom. The van der Waals surface area contributed by atoms with E-state index in [0.717, 1.165) is 6.42 Å². The van der Waals surface area contributed by atoms with Gasteiger partial charge in [0.2, 0.25) is 0 Å². The van der Waals surface area contributed by atoms with Gasteiger partial charge in [-0.05, 0) is 44.0 Å². The molecule has 94 valence electrons. The summed E-state index contributed by atoms with van der Waals surface area (Å²) < 4.78 is 18.4. The van der Waals surface area contributed by atoms with E-state index >= 15 is 0 Å². The van der Waals surface area contributed by atoms with E-state index in [1.807, 2.05) is 6.92 Å². The first-order valence-electron chi connectivity index (χ1n) is 5.75. The molecule has 0 aliphatic heterocycles. The molecular formula is C13H18FNO2. The highest BCUT2D eigenvalue weighted by Gasteiger charge is 2.14. The lowest BCUT2D eigenvalue weighted by atomic mass is 10.2. The fourth-order valence-corrected chi connectivity index (χ4v) is 1.38. The molecule has 1 unspecified atom stereocenters. The van der Waals surface area contributed by atoms with Crippen LogP contribution in [0.3, 0.4) is 0 Å². The van der Waals surface area contributed by atoms with Crippen LogP contribution in [0.5, 0.6) is 5.75 Å². The maximum absolute atomic E-state index is 12.9. The normalized spacial score (nSPS) is 12.0. The Labute approximate surface area is 101 Å². The minimum atomic E-state index is -0.578. The Hall–Kier alpha value is -1.58. The number of rotatable bonds is 5. The summed E-state index contributed by atoms with van der Waals surface area (Å²) in [5.41, 5.74) is 0.681. The first kappa shape index (κ1) is 13.5. The molecule has 1 atom stereocenters. The molecule has 1 amide bonds. The van der Waals surface area contributed by atoms with Crippen LogP contribution < -0.4 is 10.1 Å². The van der Waals surface area contributed by atoms with E-state index < -0.39 is 6.10 Å². The van der Waals surface area contributed by atoms with Crippen LogP contribution in [0.1, 0.15) is 25.8 Å². The van der Waals surface area contributed by atoms with Gasteiger partial charge < -0.3 is 10.1 Å². The van der Waals surface area contributed by atoms with Crippen LogP contribution in [0.2, 0.25) is 0 Å². The fraction of sp³-hybridized carbons (Fsp3) is 0.462. The van der Waals surface area contributed by atoms with Crippen molar-refractivity contribution in [1.29, 1.82) is 0 Å². The van der Waals surface area contributed by atoms with Gasteiger partial charge in [0.25, 0.3) is 5.91 Å². The maximum Gasteiger partial charge on any atom is 0.260 e. The van der Waals surface area contributed by atoms with Crippen LogP contribution in [0.4, 0.5) is 4.39 Å². The Balaban J connectivity index is 2.61. The molecule has 0 saturated carbocycles. The highest BCUT2D eigenvalue weighted by molar-refractivity contribution is 5.80. The van der Waals surface area contributed by atoms with Crippen molar-refractivity contribution < 1.29 is 13.9 Å². The van der Waals surface area contributed by atoms with Crippen molar-refractivity contribution in [2.75, 3.05) is 6.54 Å². The highest BCUT2D eigenvalue weighted by atomic mass is 19.1. The molecule has 0 heterocycles. The number of benzene rings is 1. The monoisotopic (exact) mass is 239 g/mol. The van der Waals surface area contributed by atoms with Gasteiger partial charge in [0, 0.05) is 6.54 Å². The average Bonchev–Trinajstić information content (AvgIpc) is 2.29. The van der Waals surface area contributed by atoms with Gasteiger partial charge in [-0.25, -0.2) is 4.39 Å². The van der Waals surface area contributed by atoms with Crippen molar-refractivity contribution >= 4 is 5.91 Å². The number of nitrogens with one attached hydrogen (secondary N) is 1. The summed E-state index contributed by atoms with van der Waals surface area (Å²) >= 11 is 0. The number of carbonyl (C=O) groups is 1. The number of hydrogen-bond acceptors (Lipinski definition) is 2. The van der Waals surface area contributed by atoms with Crippen LogP contribution >= 0.6 is 0 Å². The molecule has 17 heavy (non-hydrogen) atoms. The van der Waals surface area contributed by atoms with Crippen molar-refractivity contribution in [2.24, 2.45) is 0 Å². The van der Waals surface area contributed by atoms with Gasteiger partial charge >= 0.3 is 0 Å². The third-order valence-corrected chi connectivity index (χ3v) is 2.36. The molecule has 0 aromatic heterocycles. The molecule has 0 saturated heterocycles. The zero-order chi connectivity index (χ0) is 12.8. The Morgan fingerprint density at radius 2 is 2.24 bits per heavy atom. The van der Waals surface area contributed by atoms with Gasteiger partial charge in [-0.3, -0.25) is 4.79 Å². The van der Waals surface area contributed by atoms with Crippen molar-refractivity contribution in [3.05, 3.63) is 29.6 Å². The molecule has 1 aromatic rings. The van der Waals surface area contributed by atoms with Crippen LogP contribution in [-0.2, 0) is 4.79 Å². The summed E-state index contributed by atoms with van der Waals surface area (Å²) in [5.74, 6) is 0.0686. The average molecular weight is 239 g/mol. The second kappa shape index (κ2) is 6.23. The molecule has 1 rings (SSSR count). The molecule has 0 spiro atoms. The van der Waals surface area contributed by atoms with Gasteiger partial charge in [0.05, 0.1) is 0 Å². The van der Waals surface area contributed by atoms with Gasteiger partial charge in [0.15, 0.2) is 6.10 Å². The molecule has 0 bridgehead atoms. The second-order valence-electron chi connectivity index (χ2n) is 3.96. The Bertz CT molecular complexity index is 393. The van der Waals surface area contributed by atoms with Crippen molar-refractivity contribution in [3.8, 4) is 5.75 Å². The van der Waals surface area contributed by atoms with E-state index in [9.17, 15) is 9.18 Å². The molecule has 0 aliphatic rings. The lowest BCUT2D eigenvalue weighted by molar-refractivity contribution is -0.127. The van der Waals surface area contributed by atoms with E-state index in [1.54, 1.807) is 13.8 Å². The second-order valence-corrected chi connectivity index (χ2v) is 3.96. The lowest BCUT2D eigenvalue weighted by Gasteiger charge is -2.15. The van der Waals surface area contributed by atoms with Crippen LogP contribution in [0.15, 0.2) is 18.2 Å². The topological polar surface area (TPSA) is 38.3 Å². The van der Waals surface area contributed by atoms with Crippen molar-refractivity contribution in [3.63, 3.8) is 0 Å². The van der Waals surface area contributed by atoms with Gasteiger partial charge in [0.1, 0.15) is 11.6 Å². The summed E-state index contributed by atoms with van der Waals surface area (Å²) in [7, 11) is 0. The minimum Gasteiger partial charge on any atom is -0.481 e. The quantitative estimate of drug-likeness (QED) is 0.857. The summed E-state index contributed by atoms with van der Waals surface area (Å²) in [6.45, 7) is 6.04. The summed E-state index contributed by atoms with van der Waals surface area (Å²) in [5, 5.41) is 2.75. The zero-order valence-corrected chi connectivity index (χ0v) is 10.4. The molecule has 0 fully saturated rings. The summed E-state index contributed by atoms with van der Waals surface area (Å²) in [6, 6.07) is 4.24. The predicted octanol–water partition coefficient (Wildman–Crippen LogP) is 2.43. The summed E-state index contributed by atoms with van der Waals surface area (Å²) in [4.78, 5) is 11.6. The third-order valence-electron chi connectivity index (χ3n) is 2.36. The SMILES string of the molecule is CCCNC(=O)C(C)Oc1ccc(F)cc1C. The number of aryl methyl sites for hydroxylation is 1. The molecule has 1 aromatic carbocycles. The lowest BCUT2D eigenvalue weighted by Crippen LogP contribution is -2.36. The predicted molar refractivity (Wildman–Crippen MR) is 64.5 cm³/mol. The third kappa shape index (κ3) is 4.06. The van der Waals surface area contributed by atoms with E-state index in [1.165, 1.54) is 18.2 Å². The zero-order valence-electron chi connectivity index (χ0n) is 10.4. The standard InChI is InChI=1S/C13H18FNO2/c1-4-7-15-13(16)10(3)17-12-6-5-11(14)8-9(12)2/h5-6,8,10H,4,7H2,1-3H3,(H,15,16). The molecule has 0 aliphatic carbocycles. The fourth-order valence-electron chi connectivity index (χ4n) is 1.38. The van der Waals surface area contributed by atoms with E-state index in [-0.39, 0.29) is 11.7 Å². The van der Waals surface area contributed by atoms with Crippen molar-refractivity contribution in [2.45, 2.75) is 33.3 Å². The van der Waals surface area contributed by atoms with Gasteiger partial charge in [-0.1, -0.05) is 6.92 Å². The van der Waals surface area contributed by atoms with Gasteiger partial charge in [-0.15, -0.1) is 0 Å². The number of carbonyl (C=O) groups excluding carboxylic acids is 1. The van der Waals surface area contributed by atoms with Crippen LogP contribution in [0, 0.1) is 12.7 Å². The first-order valence-corrected chi connectivity index (χ1v) is 5.75. The first-order chi connectivity index (χ1) is 8.04. The number of halogens is 1. The minimum absolute atomic E-state index is 0.157.